The standard InChI is InChI=1S/C44H42N4O2/c1-33-21-23-34(24-22-33)40-19-11-12-20-41(40)43(49)46-38-25-27-39(28-26-38)50-32-31-48-42(29-30-45-48)47-44(35-13-5-2-6-14-35,36-15-7-3-8-16-36)37-17-9-4-10-18-37/h2-10,13-18,21-30,47H,11-12,19-20,31-32H2,1H3,(H,46,49). The van der Waals surface area contributed by atoms with Crippen molar-refractivity contribution in [3.05, 3.63) is 185 Å². The van der Waals surface area contributed by atoms with Gasteiger partial charge in [-0.05, 0) is 84.7 Å². The molecule has 0 unspecified atom stereocenters. The molecule has 1 aromatic heterocycles. The van der Waals surface area contributed by atoms with Crippen molar-refractivity contribution in [2.45, 2.75) is 44.7 Å². The van der Waals surface area contributed by atoms with Crippen molar-refractivity contribution in [3.63, 3.8) is 0 Å². The van der Waals surface area contributed by atoms with Gasteiger partial charge in [-0.3, -0.25) is 4.79 Å². The zero-order valence-electron chi connectivity index (χ0n) is 28.4. The van der Waals surface area contributed by atoms with Gasteiger partial charge in [0, 0.05) is 17.3 Å². The zero-order valence-corrected chi connectivity index (χ0v) is 28.4. The Balaban J connectivity index is 1.04. The molecule has 0 radical (unpaired) electrons. The van der Waals surface area contributed by atoms with Gasteiger partial charge in [-0.2, -0.15) is 5.10 Å². The lowest BCUT2D eigenvalue weighted by Gasteiger charge is -2.37. The normalized spacial score (nSPS) is 13.1. The van der Waals surface area contributed by atoms with Crippen LogP contribution in [0.1, 0.15) is 53.5 Å². The third-order valence-electron chi connectivity index (χ3n) is 9.48. The Morgan fingerprint density at radius 2 is 1.30 bits per heavy atom. The van der Waals surface area contributed by atoms with Gasteiger partial charge in [0.05, 0.1) is 12.7 Å². The second kappa shape index (κ2) is 15.1. The van der Waals surface area contributed by atoms with Crippen molar-refractivity contribution in [1.29, 1.82) is 0 Å². The molecule has 1 heterocycles. The van der Waals surface area contributed by atoms with Gasteiger partial charge in [-0.15, -0.1) is 0 Å². The number of nitrogens with zero attached hydrogens (tertiary/aromatic N) is 2. The maximum Gasteiger partial charge on any atom is 0.251 e. The molecule has 2 N–H and O–H groups in total. The number of hydrogen-bond acceptors (Lipinski definition) is 4. The molecular weight excluding hydrogens is 617 g/mol. The summed E-state index contributed by atoms with van der Waals surface area (Å²) in [5.74, 6) is 1.59. The van der Waals surface area contributed by atoms with Crippen LogP contribution in [0.3, 0.4) is 0 Å². The fourth-order valence-corrected chi connectivity index (χ4v) is 6.91. The molecule has 6 heteroatoms. The monoisotopic (exact) mass is 658 g/mol. The van der Waals surface area contributed by atoms with Crippen LogP contribution in [0.4, 0.5) is 11.5 Å². The molecule has 7 rings (SSSR count). The van der Waals surface area contributed by atoms with Crippen molar-refractivity contribution in [2.75, 3.05) is 17.2 Å². The molecule has 0 aliphatic heterocycles. The molecule has 0 fully saturated rings. The highest BCUT2D eigenvalue weighted by Crippen LogP contribution is 2.40. The minimum atomic E-state index is -0.655. The van der Waals surface area contributed by atoms with Crippen LogP contribution in [0.25, 0.3) is 5.57 Å². The van der Waals surface area contributed by atoms with Crippen molar-refractivity contribution >= 4 is 23.0 Å². The predicted molar refractivity (Wildman–Crippen MR) is 202 cm³/mol. The molecular formula is C44H42N4O2. The fourth-order valence-electron chi connectivity index (χ4n) is 6.91. The van der Waals surface area contributed by atoms with Gasteiger partial charge in [-0.1, -0.05) is 121 Å². The number of hydrogen-bond donors (Lipinski definition) is 2. The number of anilines is 2. The number of aromatic nitrogens is 2. The van der Waals surface area contributed by atoms with E-state index in [-0.39, 0.29) is 5.91 Å². The molecule has 6 nitrogen and oxygen atoms in total. The second-order valence-corrected chi connectivity index (χ2v) is 12.8. The Bertz CT molecular complexity index is 1940. The molecule has 1 aliphatic carbocycles. The molecule has 0 bridgehead atoms. The van der Waals surface area contributed by atoms with Gasteiger partial charge >= 0.3 is 0 Å². The summed E-state index contributed by atoms with van der Waals surface area (Å²) in [6.45, 7) is 3.04. The van der Waals surface area contributed by atoms with Gasteiger partial charge in [0.2, 0.25) is 0 Å². The molecule has 0 spiro atoms. The molecule has 50 heavy (non-hydrogen) atoms. The maximum absolute atomic E-state index is 13.4. The third kappa shape index (κ3) is 7.10. The minimum absolute atomic E-state index is 0.0229. The minimum Gasteiger partial charge on any atom is -0.492 e. The summed E-state index contributed by atoms with van der Waals surface area (Å²) in [4.78, 5) is 13.4. The van der Waals surface area contributed by atoms with E-state index in [2.05, 4.69) is 120 Å². The summed E-state index contributed by atoms with van der Waals surface area (Å²) in [7, 11) is 0. The van der Waals surface area contributed by atoms with E-state index in [4.69, 9.17) is 4.74 Å². The van der Waals surface area contributed by atoms with Gasteiger partial charge in [0.25, 0.3) is 5.91 Å². The predicted octanol–water partition coefficient (Wildman–Crippen LogP) is 9.64. The number of rotatable bonds is 12. The van der Waals surface area contributed by atoms with E-state index in [1.807, 2.05) is 59.4 Å². The highest BCUT2D eigenvalue weighted by Gasteiger charge is 2.37. The van der Waals surface area contributed by atoms with E-state index < -0.39 is 5.54 Å². The van der Waals surface area contributed by atoms with Crippen molar-refractivity contribution in [2.24, 2.45) is 0 Å². The first-order chi connectivity index (χ1) is 24.6. The first kappa shape index (κ1) is 32.7. The number of ether oxygens (including phenoxy) is 1. The average molecular weight is 659 g/mol. The van der Waals surface area contributed by atoms with E-state index in [9.17, 15) is 4.79 Å². The summed E-state index contributed by atoms with van der Waals surface area (Å²) in [5, 5.41) is 11.7. The molecule has 6 aromatic rings. The Labute approximate surface area is 294 Å². The van der Waals surface area contributed by atoms with Gasteiger partial charge in [-0.25, -0.2) is 4.68 Å². The third-order valence-corrected chi connectivity index (χ3v) is 9.48. The highest BCUT2D eigenvalue weighted by atomic mass is 16.5. The van der Waals surface area contributed by atoms with E-state index in [1.54, 1.807) is 0 Å². The van der Waals surface area contributed by atoms with Gasteiger partial charge in [0.15, 0.2) is 0 Å². The molecule has 0 saturated carbocycles. The van der Waals surface area contributed by atoms with Crippen LogP contribution in [0.2, 0.25) is 0 Å². The smallest absolute Gasteiger partial charge is 0.251 e. The number of allylic oxidation sites excluding steroid dienone is 1. The highest BCUT2D eigenvalue weighted by molar-refractivity contribution is 6.09. The number of nitrogens with one attached hydrogen (secondary N) is 2. The number of benzene rings is 5. The molecule has 0 atom stereocenters. The summed E-state index contributed by atoms with van der Waals surface area (Å²) < 4.78 is 8.11. The van der Waals surface area contributed by atoms with E-state index in [0.717, 1.165) is 76.3 Å². The van der Waals surface area contributed by atoms with Crippen LogP contribution in [0.15, 0.2) is 157 Å². The first-order valence-corrected chi connectivity index (χ1v) is 17.4. The number of carbonyl (C=O) groups excluding carboxylic acids is 1. The Hall–Kier alpha value is -5.88. The van der Waals surface area contributed by atoms with Gasteiger partial charge < -0.3 is 15.4 Å². The second-order valence-electron chi connectivity index (χ2n) is 12.8. The summed E-state index contributed by atoms with van der Waals surface area (Å²) in [6, 6.07) is 49.7. The molecule has 5 aromatic carbocycles. The van der Waals surface area contributed by atoms with Gasteiger partial charge in [0.1, 0.15) is 23.7 Å². The number of aryl methyl sites for hydroxylation is 1. The van der Waals surface area contributed by atoms with E-state index in [1.165, 1.54) is 5.56 Å². The molecule has 250 valence electrons. The van der Waals surface area contributed by atoms with Crippen molar-refractivity contribution < 1.29 is 9.53 Å². The molecule has 0 saturated heterocycles. The van der Waals surface area contributed by atoms with Crippen molar-refractivity contribution in [1.82, 2.24) is 9.78 Å². The molecule has 1 aliphatic rings. The topological polar surface area (TPSA) is 68.2 Å². The maximum atomic E-state index is 13.4. The van der Waals surface area contributed by atoms with Crippen LogP contribution in [-0.2, 0) is 16.9 Å². The lowest BCUT2D eigenvalue weighted by Crippen LogP contribution is -2.39. The SMILES string of the molecule is Cc1ccc(C2=C(C(=O)Nc3ccc(OCCn4nccc4NC(c4ccccc4)(c4ccccc4)c4ccccc4)cc3)CCCC2)cc1. The molecule has 1 amide bonds. The lowest BCUT2D eigenvalue weighted by atomic mass is 9.77. The zero-order chi connectivity index (χ0) is 34.2. The van der Waals surface area contributed by atoms with Crippen molar-refractivity contribution in [3.8, 4) is 5.75 Å². The quantitative estimate of drug-likeness (QED) is 0.129. The first-order valence-electron chi connectivity index (χ1n) is 17.4. The fraction of sp³-hybridized carbons (Fsp3) is 0.182. The summed E-state index contributed by atoms with van der Waals surface area (Å²) >= 11 is 0. The average Bonchev–Trinajstić information content (AvgIpc) is 3.62. The number of carbonyl (C=O) groups is 1. The lowest BCUT2D eigenvalue weighted by molar-refractivity contribution is -0.113. The van der Waals surface area contributed by atoms with Crippen LogP contribution >= 0.6 is 0 Å². The van der Waals surface area contributed by atoms with E-state index >= 15 is 0 Å². The Kier molecular flexibility index (Phi) is 9.88. The van der Waals surface area contributed by atoms with Crippen LogP contribution < -0.4 is 15.4 Å². The van der Waals surface area contributed by atoms with E-state index in [0.29, 0.717) is 13.2 Å². The summed E-state index contributed by atoms with van der Waals surface area (Å²) in [6.07, 6.45) is 5.68. The Morgan fingerprint density at radius 3 is 1.90 bits per heavy atom. The van der Waals surface area contributed by atoms with Crippen LogP contribution in [0.5, 0.6) is 5.75 Å². The van der Waals surface area contributed by atoms with Crippen LogP contribution in [0, 0.1) is 6.92 Å². The van der Waals surface area contributed by atoms with Crippen LogP contribution in [-0.4, -0.2) is 22.3 Å². The largest absolute Gasteiger partial charge is 0.492 e. The Morgan fingerprint density at radius 1 is 0.720 bits per heavy atom. The number of amides is 1. The summed E-state index contributed by atoms with van der Waals surface area (Å²) in [5.41, 5.74) is 7.88.